The fourth-order valence-electron chi connectivity index (χ4n) is 4.13. The van der Waals surface area contributed by atoms with Gasteiger partial charge < -0.3 is 14.8 Å². The second-order valence-corrected chi connectivity index (χ2v) is 9.02. The van der Waals surface area contributed by atoms with Gasteiger partial charge in [-0.25, -0.2) is 4.98 Å². The van der Waals surface area contributed by atoms with Gasteiger partial charge in [-0.05, 0) is 36.8 Å². The minimum Gasteiger partial charge on any atom is -0.389 e. The second-order valence-electron chi connectivity index (χ2n) is 7.93. The molecule has 2 N–H and O–H groups in total. The molecule has 31 heavy (non-hydrogen) atoms. The van der Waals surface area contributed by atoms with Crippen LogP contribution in [0.5, 0.6) is 0 Å². The highest BCUT2D eigenvalue weighted by Gasteiger charge is 2.21. The molecule has 0 spiro atoms. The largest absolute Gasteiger partial charge is 0.389 e. The van der Waals surface area contributed by atoms with E-state index in [1.54, 1.807) is 11.3 Å². The summed E-state index contributed by atoms with van der Waals surface area (Å²) in [5.41, 5.74) is 2.25. The van der Waals surface area contributed by atoms with Crippen molar-refractivity contribution in [3.63, 3.8) is 0 Å². The van der Waals surface area contributed by atoms with Crippen LogP contribution < -0.4 is 5.56 Å². The molecule has 0 amide bonds. The van der Waals surface area contributed by atoms with Crippen LogP contribution in [0.2, 0.25) is 0 Å². The van der Waals surface area contributed by atoms with Gasteiger partial charge in [0.05, 0.1) is 24.6 Å². The van der Waals surface area contributed by atoms with Crippen LogP contribution in [-0.2, 0) is 30.7 Å². The van der Waals surface area contributed by atoms with E-state index < -0.39 is 6.10 Å². The van der Waals surface area contributed by atoms with Crippen molar-refractivity contribution in [1.29, 1.82) is 0 Å². The highest BCUT2D eigenvalue weighted by atomic mass is 32.1. The highest BCUT2D eigenvalue weighted by Crippen LogP contribution is 2.33. The standard InChI is InChI=1S/C24H27N3O3S/c1-2-12-30-16-18(28)14-27(13-17-8-4-3-5-9-17)15-21-25-23(29)22-19-10-6-7-11-20(19)31-24(22)26-21/h1,3-5,8-9,18,28H,6-7,10-16H2,(H,25,26,29). The molecule has 1 unspecified atom stereocenters. The van der Waals surface area contributed by atoms with E-state index in [-0.39, 0.29) is 18.8 Å². The topological polar surface area (TPSA) is 78.5 Å². The van der Waals surface area contributed by atoms with Gasteiger partial charge in [0.1, 0.15) is 17.3 Å². The molecule has 2 heterocycles. The highest BCUT2D eigenvalue weighted by molar-refractivity contribution is 7.18. The van der Waals surface area contributed by atoms with Crippen molar-refractivity contribution in [2.75, 3.05) is 19.8 Å². The van der Waals surface area contributed by atoms with E-state index in [4.69, 9.17) is 16.1 Å². The number of nitrogens with one attached hydrogen (secondary N) is 1. The van der Waals surface area contributed by atoms with Crippen LogP contribution in [0.4, 0.5) is 0 Å². The molecule has 2 aromatic heterocycles. The van der Waals surface area contributed by atoms with Crippen LogP contribution in [-0.4, -0.2) is 45.8 Å². The Hall–Kier alpha value is -2.50. The molecule has 0 aliphatic heterocycles. The Kier molecular flexibility index (Phi) is 7.15. The van der Waals surface area contributed by atoms with Crippen molar-refractivity contribution in [2.24, 2.45) is 0 Å². The number of terminal acetylenes is 1. The molecule has 0 fully saturated rings. The Morgan fingerprint density at radius 1 is 1.26 bits per heavy atom. The molecule has 0 bridgehead atoms. The van der Waals surface area contributed by atoms with Gasteiger partial charge in [-0.2, -0.15) is 0 Å². The average Bonchev–Trinajstić information content (AvgIpc) is 3.13. The summed E-state index contributed by atoms with van der Waals surface area (Å²) in [5, 5.41) is 11.2. The molecule has 0 radical (unpaired) electrons. The van der Waals surface area contributed by atoms with Crippen molar-refractivity contribution < 1.29 is 9.84 Å². The first-order chi connectivity index (χ1) is 15.1. The maximum absolute atomic E-state index is 12.9. The maximum Gasteiger partial charge on any atom is 0.259 e. The van der Waals surface area contributed by atoms with Gasteiger partial charge in [0.15, 0.2) is 0 Å². The van der Waals surface area contributed by atoms with Gasteiger partial charge >= 0.3 is 0 Å². The second kappa shape index (κ2) is 10.2. The summed E-state index contributed by atoms with van der Waals surface area (Å²) in [6.45, 7) is 1.76. The Bertz CT molecular complexity index is 1120. The van der Waals surface area contributed by atoms with Gasteiger partial charge in [0.2, 0.25) is 0 Å². The normalized spacial score (nSPS) is 14.5. The molecule has 7 heteroatoms. The Balaban J connectivity index is 1.55. The molecule has 162 valence electrons. The number of aromatic amines is 1. The first-order valence-corrected chi connectivity index (χ1v) is 11.4. The molecule has 6 nitrogen and oxygen atoms in total. The van der Waals surface area contributed by atoms with Crippen molar-refractivity contribution in [1.82, 2.24) is 14.9 Å². The first kappa shape index (κ1) is 21.7. The predicted molar refractivity (Wildman–Crippen MR) is 123 cm³/mol. The number of aliphatic hydroxyl groups excluding tert-OH is 1. The SMILES string of the molecule is C#CCOCC(O)CN(Cc1ccccc1)Cc1nc2sc3c(c2c(=O)[nH]1)CCCC3. The minimum atomic E-state index is -0.693. The third-order valence-electron chi connectivity index (χ3n) is 5.46. The van der Waals surface area contributed by atoms with Gasteiger partial charge in [-0.1, -0.05) is 36.3 Å². The van der Waals surface area contributed by atoms with Gasteiger partial charge in [-0.15, -0.1) is 17.8 Å². The Labute approximate surface area is 185 Å². The van der Waals surface area contributed by atoms with E-state index >= 15 is 0 Å². The van der Waals surface area contributed by atoms with Crippen LogP contribution >= 0.6 is 11.3 Å². The first-order valence-electron chi connectivity index (χ1n) is 10.6. The van der Waals surface area contributed by atoms with Crippen molar-refractivity contribution in [3.8, 4) is 12.3 Å². The lowest BCUT2D eigenvalue weighted by atomic mass is 9.97. The number of H-pyrrole nitrogens is 1. The average molecular weight is 438 g/mol. The lowest BCUT2D eigenvalue weighted by Gasteiger charge is -2.24. The molecule has 3 aromatic rings. The quantitative estimate of drug-likeness (QED) is 0.398. The number of aromatic nitrogens is 2. The number of hydrogen-bond donors (Lipinski definition) is 2. The lowest BCUT2D eigenvalue weighted by molar-refractivity contribution is 0.0238. The molecule has 1 aliphatic carbocycles. The number of aliphatic hydroxyl groups is 1. The van der Waals surface area contributed by atoms with Crippen LogP contribution in [0, 0.1) is 12.3 Å². The van der Waals surface area contributed by atoms with Crippen LogP contribution in [0.25, 0.3) is 10.2 Å². The fraction of sp³-hybridized carbons (Fsp3) is 0.417. The van der Waals surface area contributed by atoms with Crippen molar-refractivity contribution >= 4 is 21.6 Å². The van der Waals surface area contributed by atoms with Crippen LogP contribution in [0.15, 0.2) is 35.1 Å². The zero-order valence-electron chi connectivity index (χ0n) is 17.5. The molecule has 1 aromatic carbocycles. The molecular weight excluding hydrogens is 410 g/mol. The van der Waals surface area contributed by atoms with Gasteiger partial charge in [-0.3, -0.25) is 9.69 Å². The van der Waals surface area contributed by atoms with Crippen molar-refractivity contribution in [2.45, 2.75) is 44.9 Å². The fourth-order valence-corrected chi connectivity index (χ4v) is 5.41. The summed E-state index contributed by atoms with van der Waals surface area (Å²) in [6.07, 6.45) is 8.82. The summed E-state index contributed by atoms with van der Waals surface area (Å²) in [7, 11) is 0. The van der Waals surface area contributed by atoms with Crippen LogP contribution in [0.1, 0.15) is 34.7 Å². The number of rotatable bonds is 9. The summed E-state index contributed by atoms with van der Waals surface area (Å²) in [6, 6.07) is 10.0. The summed E-state index contributed by atoms with van der Waals surface area (Å²) < 4.78 is 5.28. The van der Waals surface area contributed by atoms with Crippen molar-refractivity contribution in [3.05, 3.63) is 62.5 Å². The molecular formula is C24H27N3O3S. The molecule has 0 saturated heterocycles. The van der Waals surface area contributed by atoms with E-state index in [2.05, 4.69) is 15.8 Å². The Morgan fingerprint density at radius 2 is 2.06 bits per heavy atom. The Morgan fingerprint density at radius 3 is 2.87 bits per heavy atom. The lowest BCUT2D eigenvalue weighted by Crippen LogP contribution is -2.35. The monoisotopic (exact) mass is 437 g/mol. The number of nitrogens with zero attached hydrogens (tertiary/aromatic N) is 2. The van der Waals surface area contributed by atoms with E-state index in [0.29, 0.717) is 25.5 Å². The van der Waals surface area contributed by atoms with Crippen LogP contribution in [0.3, 0.4) is 0 Å². The van der Waals surface area contributed by atoms with Gasteiger partial charge in [0.25, 0.3) is 5.56 Å². The number of ether oxygens (including phenoxy) is 1. The minimum absolute atomic E-state index is 0.0584. The predicted octanol–water partition coefficient (Wildman–Crippen LogP) is 2.88. The third-order valence-corrected chi connectivity index (χ3v) is 6.65. The number of thiophene rings is 1. The number of aryl methyl sites for hydroxylation is 2. The third kappa shape index (κ3) is 5.41. The zero-order chi connectivity index (χ0) is 21.6. The summed E-state index contributed by atoms with van der Waals surface area (Å²) in [4.78, 5) is 24.8. The molecule has 0 saturated carbocycles. The summed E-state index contributed by atoms with van der Waals surface area (Å²) in [5.74, 6) is 3.02. The zero-order valence-corrected chi connectivity index (χ0v) is 18.3. The van der Waals surface area contributed by atoms with E-state index in [1.807, 2.05) is 30.3 Å². The van der Waals surface area contributed by atoms with E-state index in [9.17, 15) is 9.90 Å². The molecule has 4 rings (SSSR count). The molecule has 1 atom stereocenters. The number of hydrogen-bond acceptors (Lipinski definition) is 6. The van der Waals surface area contributed by atoms with Gasteiger partial charge in [0, 0.05) is 18.0 Å². The van der Waals surface area contributed by atoms with E-state index in [1.165, 1.54) is 16.9 Å². The smallest absolute Gasteiger partial charge is 0.259 e. The maximum atomic E-state index is 12.9. The van der Waals surface area contributed by atoms with E-state index in [0.717, 1.165) is 35.0 Å². The molecule has 1 aliphatic rings. The summed E-state index contributed by atoms with van der Waals surface area (Å²) >= 11 is 1.65. The number of fused-ring (bicyclic) bond motifs is 3. The number of benzene rings is 1.